The SMILES string of the molecule is c1ccc(-c2ncn(-n3ccnc3)c2-c2ccccc2)cc1. The van der Waals surface area contributed by atoms with Gasteiger partial charge in [-0.25, -0.2) is 19.3 Å². The summed E-state index contributed by atoms with van der Waals surface area (Å²) in [6, 6.07) is 20.5. The second-order valence-corrected chi connectivity index (χ2v) is 4.96. The molecule has 2 heterocycles. The number of imidazole rings is 2. The van der Waals surface area contributed by atoms with Crippen molar-refractivity contribution in [2.75, 3.05) is 0 Å². The van der Waals surface area contributed by atoms with Crippen LogP contribution < -0.4 is 0 Å². The molecule has 0 saturated carbocycles. The van der Waals surface area contributed by atoms with Crippen LogP contribution in [0.3, 0.4) is 0 Å². The molecule has 2 aromatic heterocycles. The molecule has 2 aromatic carbocycles. The number of benzene rings is 2. The third-order valence-electron chi connectivity index (χ3n) is 3.58. The molecule has 4 nitrogen and oxygen atoms in total. The molecule has 0 spiro atoms. The van der Waals surface area contributed by atoms with E-state index >= 15 is 0 Å². The maximum absolute atomic E-state index is 4.63. The monoisotopic (exact) mass is 286 g/mol. The summed E-state index contributed by atoms with van der Waals surface area (Å²) in [4.78, 5) is 8.76. The minimum Gasteiger partial charge on any atom is -0.243 e. The lowest BCUT2D eigenvalue weighted by atomic mass is 10.1. The summed E-state index contributed by atoms with van der Waals surface area (Å²) in [5.74, 6) is 0. The average Bonchev–Trinajstić information content (AvgIpc) is 3.25. The first-order valence-corrected chi connectivity index (χ1v) is 7.10. The molecule has 0 bridgehead atoms. The second kappa shape index (κ2) is 5.33. The Bertz CT molecular complexity index is 862. The molecule has 0 amide bonds. The lowest BCUT2D eigenvalue weighted by Gasteiger charge is -2.10. The molecular formula is C18H14N4. The van der Waals surface area contributed by atoms with Gasteiger partial charge in [0.25, 0.3) is 0 Å². The van der Waals surface area contributed by atoms with E-state index in [0.29, 0.717) is 0 Å². The summed E-state index contributed by atoms with van der Waals surface area (Å²) in [6.07, 6.45) is 7.26. The second-order valence-electron chi connectivity index (χ2n) is 4.96. The first-order chi connectivity index (χ1) is 10.9. The van der Waals surface area contributed by atoms with E-state index in [0.717, 1.165) is 22.5 Å². The quantitative estimate of drug-likeness (QED) is 0.575. The van der Waals surface area contributed by atoms with Crippen LogP contribution in [-0.4, -0.2) is 19.3 Å². The topological polar surface area (TPSA) is 35.6 Å². The standard InChI is InChI=1S/C18H14N4/c1-3-7-15(8-4-1)17-18(16-9-5-2-6-10-16)22(14-20-17)21-12-11-19-13-21/h1-14H. The van der Waals surface area contributed by atoms with Gasteiger partial charge in [-0.05, 0) is 0 Å². The molecule has 0 radical (unpaired) electrons. The van der Waals surface area contributed by atoms with Crippen LogP contribution in [0.2, 0.25) is 0 Å². The molecule has 4 heteroatoms. The third-order valence-corrected chi connectivity index (χ3v) is 3.58. The summed E-state index contributed by atoms with van der Waals surface area (Å²) in [5, 5.41) is 0. The number of nitrogens with zero attached hydrogens (tertiary/aromatic N) is 4. The molecule has 0 unspecified atom stereocenters. The number of aromatic nitrogens is 4. The van der Waals surface area contributed by atoms with Crippen LogP contribution in [0.1, 0.15) is 0 Å². The van der Waals surface area contributed by atoms with E-state index in [1.807, 2.05) is 58.3 Å². The molecule has 22 heavy (non-hydrogen) atoms. The van der Waals surface area contributed by atoms with Crippen LogP contribution in [0.25, 0.3) is 22.5 Å². The Balaban J connectivity index is 1.97. The molecule has 0 aliphatic carbocycles. The van der Waals surface area contributed by atoms with Gasteiger partial charge in [0.2, 0.25) is 0 Å². The summed E-state index contributed by atoms with van der Waals surface area (Å²) < 4.78 is 3.92. The lowest BCUT2D eigenvalue weighted by Crippen LogP contribution is -2.07. The minimum atomic E-state index is 0.959. The number of rotatable bonds is 3. The van der Waals surface area contributed by atoms with Crippen LogP contribution in [0.4, 0.5) is 0 Å². The maximum atomic E-state index is 4.63. The van der Waals surface area contributed by atoms with Crippen molar-refractivity contribution in [1.29, 1.82) is 0 Å². The number of hydrogen-bond donors (Lipinski definition) is 0. The van der Waals surface area contributed by atoms with Crippen LogP contribution in [0.5, 0.6) is 0 Å². The van der Waals surface area contributed by atoms with Gasteiger partial charge in [0.05, 0.1) is 11.4 Å². The van der Waals surface area contributed by atoms with Gasteiger partial charge in [-0.15, -0.1) is 0 Å². The fourth-order valence-electron chi connectivity index (χ4n) is 2.57. The fraction of sp³-hybridized carbons (Fsp3) is 0. The van der Waals surface area contributed by atoms with E-state index in [1.54, 1.807) is 12.5 Å². The summed E-state index contributed by atoms with van der Waals surface area (Å²) >= 11 is 0. The van der Waals surface area contributed by atoms with Crippen LogP contribution >= 0.6 is 0 Å². The van der Waals surface area contributed by atoms with E-state index in [2.05, 4.69) is 34.2 Å². The molecular weight excluding hydrogens is 272 g/mol. The van der Waals surface area contributed by atoms with Crippen LogP contribution in [-0.2, 0) is 0 Å². The zero-order valence-electron chi connectivity index (χ0n) is 11.9. The van der Waals surface area contributed by atoms with Crippen molar-refractivity contribution in [2.45, 2.75) is 0 Å². The van der Waals surface area contributed by atoms with E-state index < -0.39 is 0 Å². The highest BCUT2D eigenvalue weighted by Gasteiger charge is 2.15. The van der Waals surface area contributed by atoms with E-state index in [4.69, 9.17) is 0 Å². The summed E-state index contributed by atoms with van der Waals surface area (Å²) in [6.45, 7) is 0. The Labute approximate surface area is 128 Å². The molecule has 0 saturated heterocycles. The van der Waals surface area contributed by atoms with Crippen molar-refractivity contribution >= 4 is 0 Å². The Morgan fingerprint density at radius 2 is 1.41 bits per heavy atom. The van der Waals surface area contributed by atoms with E-state index in [-0.39, 0.29) is 0 Å². The fourth-order valence-corrected chi connectivity index (χ4v) is 2.57. The predicted molar refractivity (Wildman–Crippen MR) is 86.1 cm³/mol. The average molecular weight is 286 g/mol. The van der Waals surface area contributed by atoms with Gasteiger partial charge in [0.1, 0.15) is 12.7 Å². The Hall–Kier alpha value is -3.14. The molecule has 4 aromatic rings. The molecule has 0 aliphatic heterocycles. The van der Waals surface area contributed by atoms with Gasteiger partial charge in [0, 0.05) is 23.5 Å². The molecule has 0 fully saturated rings. The Morgan fingerprint density at radius 3 is 2.05 bits per heavy atom. The van der Waals surface area contributed by atoms with E-state index in [1.165, 1.54) is 0 Å². The van der Waals surface area contributed by atoms with Gasteiger partial charge < -0.3 is 0 Å². The molecule has 106 valence electrons. The van der Waals surface area contributed by atoms with E-state index in [9.17, 15) is 0 Å². The Kier molecular flexibility index (Phi) is 3.05. The maximum Gasteiger partial charge on any atom is 0.116 e. The van der Waals surface area contributed by atoms with Crippen molar-refractivity contribution in [3.63, 3.8) is 0 Å². The largest absolute Gasteiger partial charge is 0.243 e. The molecule has 0 atom stereocenters. The first-order valence-electron chi connectivity index (χ1n) is 7.10. The van der Waals surface area contributed by atoms with Crippen molar-refractivity contribution in [3.05, 3.63) is 85.7 Å². The van der Waals surface area contributed by atoms with Gasteiger partial charge >= 0.3 is 0 Å². The Morgan fingerprint density at radius 1 is 0.727 bits per heavy atom. The highest BCUT2D eigenvalue weighted by molar-refractivity contribution is 5.78. The van der Waals surface area contributed by atoms with Crippen molar-refractivity contribution in [3.8, 4) is 22.5 Å². The first kappa shape index (κ1) is 12.6. The summed E-state index contributed by atoms with van der Waals surface area (Å²) in [7, 11) is 0. The van der Waals surface area contributed by atoms with Crippen molar-refractivity contribution in [1.82, 2.24) is 19.3 Å². The predicted octanol–water partition coefficient (Wildman–Crippen LogP) is 3.73. The molecule has 4 rings (SSSR count). The van der Waals surface area contributed by atoms with Crippen molar-refractivity contribution in [2.24, 2.45) is 0 Å². The lowest BCUT2D eigenvalue weighted by molar-refractivity contribution is 0.663. The van der Waals surface area contributed by atoms with Gasteiger partial charge in [-0.3, -0.25) is 0 Å². The number of hydrogen-bond acceptors (Lipinski definition) is 2. The molecule has 0 N–H and O–H groups in total. The van der Waals surface area contributed by atoms with Crippen molar-refractivity contribution < 1.29 is 0 Å². The zero-order valence-corrected chi connectivity index (χ0v) is 11.9. The van der Waals surface area contributed by atoms with Gasteiger partial charge in [-0.2, -0.15) is 0 Å². The summed E-state index contributed by atoms with van der Waals surface area (Å²) in [5.41, 5.74) is 4.22. The van der Waals surface area contributed by atoms with Gasteiger partial charge in [-0.1, -0.05) is 60.7 Å². The zero-order chi connectivity index (χ0) is 14.8. The van der Waals surface area contributed by atoms with Gasteiger partial charge in [0.15, 0.2) is 0 Å². The third kappa shape index (κ3) is 2.11. The normalized spacial score (nSPS) is 10.7. The minimum absolute atomic E-state index is 0.959. The highest BCUT2D eigenvalue weighted by Crippen LogP contribution is 2.30. The molecule has 0 aliphatic rings. The van der Waals surface area contributed by atoms with Crippen LogP contribution in [0, 0.1) is 0 Å². The van der Waals surface area contributed by atoms with Crippen LogP contribution in [0.15, 0.2) is 85.7 Å². The smallest absolute Gasteiger partial charge is 0.116 e. The highest BCUT2D eigenvalue weighted by atomic mass is 15.5.